The van der Waals surface area contributed by atoms with Crippen molar-refractivity contribution >= 4 is 11.9 Å². The van der Waals surface area contributed by atoms with E-state index >= 15 is 0 Å². The molecule has 21 heavy (non-hydrogen) atoms. The third kappa shape index (κ3) is 5.45. The molecule has 0 aliphatic rings. The number of hydrogen-bond acceptors (Lipinski definition) is 4. The van der Waals surface area contributed by atoms with Crippen LogP contribution in [0.15, 0.2) is 24.3 Å². The monoisotopic (exact) mass is 293 g/mol. The summed E-state index contributed by atoms with van der Waals surface area (Å²) in [5.41, 5.74) is 0.459. The van der Waals surface area contributed by atoms with E-state index in [0.29, 0.717) is 5.75 Å². The average molecular weight is 293 g/mol. The number of carbonyl (C=O) groups is 2. The minimum Gasteiger partial charge on any atom is -0.497 e. The highest BCUT2D eigenvalue weighted by Crippen LogP contribution is 2.20. The van der Waals surface area contributed by atoms with Crippen LogP contribution in [-0.2, 0) is 16.1 Å². The first kappa shape index (κ1) is 17.0. The summed E-state index contributed by atoms with van der Waals surface area (Å²) in [5.74, 6) is 0.605. The molecule has 1 N–H and O–H groups in total. The van der Waals surface area contributed by atoms with Gasteiger partial charge in [0.15, 0.2) is 5.78 Å². The Bertz CT molecular complexity index is 505. The Labute approximate surface area is 125 Å². The van der Waals surface area contributed by atoms with Crippen LogP contribution in [0.5, 0.6) is 5.75 Å². The molecule has 0 aliphatic heterocycles. The summed E-state index contributed by atoms with van der Waals surface area (Å²) >= 11 is 0. The van der Waals surface area contributed by atoms with Crippen molar-refractivity contribution in [1.82, 2.24) is 5.32 Å². The van der Waals surface area contributed by atoms with Gasteiger partial charge < -0.3 is 14.8 Å². The van der Waals surface area contributed by atoms with Gasteiger partial charge in [0.2, 0.25) is 0 Å². The van der Waals surface area contributed by atoms with Gasteiger partial charge in [-0.05, 0) is 30.0 Å². The molecule has 0 aromatic heterocycles. The Hall–Kier alpha value is -2.04. The van der Waals surface area contributed by atoms with Gasteiger partial charge in [0.05, 0.1) is 13.2 Å². The number of nitrogens with one attached hydrogen (secondary N) is 1. The topological polar surface area (TPSA) is 64.6 Å². The molecule has 0 saturated heterocycles. The highest BCUT2D eigenvalue weighted by Gasteiger charge is 2.30. The molecule has 1 aromatic rings. The predicted molar refractivity (Wildman–Crippen MR) is 80.2 cm³/mol. The lowest BCUT2D eigenvalue weighted by molar-refractivity contribution is -0.121. The Morgan fingerprint density at radius 1 is 1.29 bits per heavy atom. The lowest BCUT2D eigenvalue weighted by Crippen LogP contribution is -2.48. The second-order valence-corrected chi connectivity index (χ2v) is 5.98. The van der Waals surface area contributed by atoms with E-state index < -0.39 is 12.1 Å². The van der Waals surface area contributed by atoms with E-state index in [9.17, 15) is 9.59 Å². The lowest BCUT2D eigenvalue weighted by atomic mass is 9.85. The van der Waals surface area contributed by atoms with Gasteiger partial charge in [-0.2, -0.15) is 0 Å². The summed E-state index contributed by atoms with van der Waals surface area (Å²) in [6, 6.07) is 6.69. The Balaban J connectivity index is 2.59. The van der Waals surface area contributed by atoms with Crippen LogP contribution in [0.25, 0.3) is 0 Å². The van der Waals surface area contributed by atoms with Crippen LogP contribution in [0.3, 0.4) is 0 Å². The van der Waals surface area contributed by atoms with Crippen LogP contribution >= 0.6 is 0 Å². The predicted octanol–water partition coefficient (Wildman–Crippen LogP) is 2.93. The zero-order chi connectivity index (χ0) is 16.0. The third-order valence-corrected chi connectivity index (χ3v) is 3.04. The SMILES string of the molecule is COc1cccc(COC(=O)NC(C(C)=O)C(C)(C)C)c1. The van der Waals surface area contributed by atoms with Crippen LogP contribution in [-0.4, -0.2) is 25.0 Å². The molecule has 0 spiro atoms. The highest BCUT2D eigenvalue weighted by molar-refractivity contribution is 5.86. The maximum atomic E-state index is 11.8. The van der Waals surface area contributed by atoms with E-state index in [-0.39, 0.29) is 17.8 Å². The van der Waals surface area contributed by atoms with Crippen molar-refractivity contribution in [3.05, 3.63) is 29.8 Å². The highest BCUT2D eigenvalue weighted by atomic mass is 16.5. The number of alkyl carbamates (subject to hydrolysis) is 1. The van der Waals surface area contributed by atoms with Crippen LogP contribution in [0, 0.1) is 5.41 Å². The van der Waals surface area contributed by atoms with Gasteiger partial charge in [-0.1, -0.05) is 32.9 Å². The number of Topliss-reactive ketones (excluding diaryl/α,β-unsaturated/α-hetero) is 1. The van der Waals surface area contributed by atoms with Gasteiger partial charge in [-0.3, -0.25) is 4.79 Å². The first-order valence-electron chi connectivity index (χ1n) is 6.80. The normalized spacial score (nSPS) is 12.4. The zero-order valence-electron chi connectivity index (χ0n) is 13.2. The molecule has 116 valence electrons. The number of ether oxygens (including phenoxy) is 2. The summed E-state index contributed by atoms with van der Waals surface area (Å²) in [6.07, 6.45) is -0.604. The third-order valence-electron chi connectivity index (χ3n) is 3.04. The fraction of sp³-hybridized carbons (Fsp3) is 0.500. The maximum absolute atomic E-state index is 11.8. The smallest absolute Gasteiger partial charge is 0.408 e. The first-order valence-corrected chi connectivity index (χ1v) is 6.80. The molecule has 5 nitrogen and oxygen atoms in total. The summed E-state index contributed by atoms with van der Waals surface area (Å²) < 4.78 is 10.2. The average Bonchev–Trinajstić information content (AvgIpc) is 2.41. The quantitative estimate of drug-likeness (QED) is 0.906. The second-order valence-electron chi connectivity index (χ2n) is 5.98. The zero-order valence-corrected chi connectivity index (χ0v) is 13.2. The van der Waals surface area contributed by atoms with Gasteiger partial charge in [-0.15, -0.1) is 0 Å². The number of methoxy groups -OCH3 is 1. The standard InChI is InChI=1S/C16H23NO4/c1-11(18)14(16(2,3)4)17-15(19)21-10-12-7-6-8-13(9-12)20-5/h6-9,14H,10H2,1-5H3,(H,17,19). The van der Waals surface area contributed by atoms with Gasteiger partial charge in [0.25, 0.3) is 0 Å². The van der Waals surface area contributed by atoms with E-state index in [2.05, 4.69) is 5.32 Å². The van der Waals surface area contributed by atoms with Gasteiger partial charge >= 0.3 is 6.09 Å². The molecule has 0 heterocycles. The van der Waals surface area contributed by atoms with Gasteiger partial charge in [0.1, 0.15) is 12.4 Å². The number of rotatable bonds is 5. The molecule has 0 aliphatic carbocycles. The molecule has 0 saturated carbocycles. The molecule has 1 aromatic carbocycles. The summed E-state index contributed by atoms with van der Waals surface area (Å²) in [4.78, 5) is 23.4. The van der Waals surface area contributed by atoms with Gasteiger partial charge in [-0.25, -0.2) is 4.79 Å². The molecule has 1 amide bonds. The number of ketones is 1. The minimum atomic E-state index is -0.604. The van der Waals surface area contributed by atoms with Crippen LogP contribution < -0.4 is 10.1 Å². The minimum absolute atomic E-state index is 0.0965. The molecule has 1 unspecified atom stereocenters. The molecule has 1 atom stereocenters. The Kier molecular flexibility index (Phi) is 5.76. The van der Waals surface area contributed by atoms with Gasteiger partial charge in [0, 0.05) is 0 Å². The largest absolute Gasteiger partial charge is 0.497 e. The molecular weight excluding hydrogens is 270 g/mol. The molecule has 0 fully saturated rings. The van der Waals surface area contributed by atoms with E-state index in [4.69, 9.17) is 9.47 Å². The summed E-state index contributed by atoms with van der Waals surface area (Å²) in [6.45, 7) is 7.25. The Morgan fingerprint density at radius 2 is 1.95 bits per heavy atom. The van der Waals surface area contributed by atoms with E-state index in [1.807, 2.05) is 39.0 Å². The number of carbonyl (C=O) groups excluding carboxylic acids is 2. The van der Waals surface area contributed by atoms with E-state index in [1.165, 1.54) is 6.92 Å². The number of hydrogen-bond donors (Lipinski definition) is 1. The van der Waals surface area contributed by atoms with Crippen molar-refractivity contribution in [3.63, 3.8) is 0 Å². The van der Waals surface area contributed by atoms with Crippen LogP contribution in [0.2, 0.25) is 0 Å². The molecule has 5 heteroatoms. The van der Waals surface area contributed by atoms with Crippen molar-refractivity contribution in [2.24, 2.45) is 5.41 Å². The lowest BCUT2D eigenvalue weighted by Gasteiger charge is -2.28. The first-order chi connectivity index (χ1) is 9.74. The summed E-state index contributed by atoms with van der Waals surface area (Å²) in [5, 5.41) is 2.61. The number of benzene rings is 1. The van der Waals surface area contributed by atoms with Crippen molar-refractivity contribution in [2.75, 3.05) is 7.11 Å². The second kappa shape index (κ2) is 7.11. The van der Waals surface area contributed by atoms with E-state index in [0.717, 1.165) is 5.56 Å². The molecular formula is C16H23NO4. The van der Waals surface area contributed by atoms with Crippen molar-refractivity contribution in [2.45, 2.75) is 40.3 Å². The fourth-order valence-corrected chi connectivity index (χ4v) is 2.00. The molecule has 0 radical (unpaired) electrons. The molecule has 1 rings (SSSR count). The maximum Gasteiger partial charge on any atom is 0.408 e. The van der Waals surface area contributed by atoms with Crippen LogP contribution in [0.4, 0.5) is 4.79 Å². The Morgan fingerprint density at radius 3 is 2.48 bits per heavy atom. The van der Waals surface area contributed by atoms with Crippen molar-refractivity contribution < 1.29 is 19.1 Å². The van der Waals surface area contributed by atoms with Crippen molar-refractivity contribution in [1.29, 1.82) is 0 Å². The molecule has 0 bridgehead atoms. The van der Waals surface area contributed by atoms with Crippen LogP contribution in [0.1, 0.15) is 33.3 Å². The summed E-state index contributed by atoms with van der Waals surface area (Å²) in [7, 11) is 1.58. The fourth-order valence-electron chi connectivity index (χ4n) is 2.00. The number of amides is 1. The van der Waals surface area contributed by atoms with Crippen molar-refractivity contribution in [3.8, 4) is 5.75 Å². The van der Waals surface area contributed by atoms with E-state index in [1.54, 1.807) is 13.2 Å².